The highest BCUT2D eigenvalue weighted by molar-refractivity contribution is 5.92. The van der Waals surface area contributed by atoms with Crippen LogP contribution in [0.1, 0.15) is 52.9 Å². The first-order valence-electron chi connectivity index (χ1n) is 7.72. The van der Waals surface area contributed by atoms with Gasteiger partial charge in [0.2, 0.25) is 0 Å². The topological polar surface area (TPSA) is 29.5 Å². The minimum Gasteiger partial charge on any atom is -0.272 e. The van der Waals surface area contributed by atoms with Crippen LogP contribution in [0.15, 0.2) is 30.3 Å². The Labute approximate surface area is 122 Å². The standard InChI is InChI=1S/C17H27NO2/c1-4-6-11-15(3)17(19)18(20-14-7-5-2)16-12-9-8-10-13-16/h8-10,12-13,15H,4-7,11,14H2,1-3H3. The SMILES string of the molecule is CCCCON(C(=O)C(C)CCCC)c1ccccc1. The molecule has 0 aromatic heterocycles. The molecule has 0 bridgehead atoms. The number of carbonyl (C=O) groups is 1. The third-order valence-electron chi connectivity index (χ3n) is 3.32. The van der Waals surface area contributed by atoms with E-state index in [-0.39, 0.29) is 11.8 Å². The number of benzene rings is 1. The average Bonchev–Trinajstić information content (AvgIpc) is 2.49. The second-order valence-electron chi connectivity index (χ2n) is 5.20. The van der Waals surface area contributed by atoms with E-state index in [1.54, 1.807) is 0 Å². The molecule has 0 saturated carbocycles. The lowest BCUT2D eigenvalue weighted by molar-refractivity contribution is -0.129. The zero-order valence-electron chi connectivity index (χ0n) is 13.0. The maximum absolute atomic E-state index is 12.5. The van der Waals surface area contributed by atoms with Gasteiger partial charge in [-0.05, 0) is 25.0 Å². The van der Waals surface area contributed by atoms with Crippen molar-refractivity contribution in [2.75, 3.05) is 11.7 Å². The summed E-state index contributed by atoms with van der Waals surface area (Å²) in [6.45, 7) is 6.82. The van der Waals surface area contributed by atoms with E-state index in [0.717, 1.165) is 37.8 Å². The van der Waals surface area contributed by atoms with E-state index in [1.807, 2.05) is 37.3 Å². The van der Waals surface area contributed by atoms with Crippen molar-refractivity contribution >= 4 is 11.6 Å². The third kappa shape index (κ3) is 5.33. The minimum absolute atomic E-state index is 0.00298. The maximum Gasteiger partial charge on any atom is 0.253 e. The van der Waals surface area contributed by atoms with Crippen LogP contribution in [0, 0.1) is 5.92 Å². The van der Waals surface area contributed by atoms with Gasteiger partial charge in [-0.3, -0.25) is 9.63 Å². The molecule has 1 unspecified atom stereocenters. The molecular weight excluding hydrogens is 250 g/mol. The first-order valence-corrected chi connectivity index (χ1v) is 7.72. The van der Waals surface area contributed by atoms with E-state index in [9.17, 15) is 4.79 Å². The molecule has 112 valence electrons. The van der Waals surface area contributed by atoms with Gasteiger partial charge in [0.25, 0.3) is 5.91 Å². The molecule has 1 aromatic carbocycles. The van der Waals surface area contributed by atoms with Crippen LogP contribution in [-0.4, -0.2) is 12.5 Å². The summed E-state index contributed by atoms with van der Waals surface area (Å²) in [6.07, 6.45) is 5.11. The van der Waals surface area contributed by atoms with Gasteiger partial charge in [0.15, 0.2) is 0 Å². The Balaban J connectivity index is 2.73. The smallest absolute Gasteiger partial charge is 0.253 e. The lowest BCUT2D eigenvalue weighted by Gasteiger charge is -2.25. The van der Waals surface area contributed by atoms with Gasteiger partial charge in [0.1, 0.15) is 0 Å². The summed E-state index contributed by atoms with van der Waals surface area (Å²) in [5.74, 6) is 0.0533. The highest BCUT2D eigenvalue weighted by atomic mass is 16.7. The van der Waals surface area contributed by atoms with Crippen molar-refractivity contribution in [1.82, 2.24) is 0 Å². The van der Waals surface area contributed by atoms with Crippen LogP contribution in [0.3, 0.4) is 0 Å². The summed E-state index contributed by atoms with van der Waals surface area (Å²) < 4.78 is 0. The summed E-state index contributed by atoms with van der Waals surface area (Å²) in [7, 11) is 0. The summed E-state index contributed by atoms with van der Waals surface area (Å²) in [4.78, 5) is 18.3. The first kappa shape index (κ1) is 16.7. The number of hydrogen-bond donors (Lipinski definition) is 0. The highest BCUT2D eigenvalue weighted by Gasteiger charge is 2.22. The van der Waals surface area contributed by atoms with Gasteiger partial charge in [-0.1, -0.05) is 58.2 Å². The van der Waals surface area contributed by atoms with Crippen LogP contribution >= 0.6 is 0 Å². The third-order valence-corrected chi connectivity index (χ3v) is 3.32. The van der Waals surface area contributed by atoms with E-state index in [2.05, 4.69) is 13.8 Å². The summed E-state index contributed by atoms with van der Waals surface area (Å²) in [6, 6.07) is 9.62. The molecule has 1 amide bonds. The number of hydrogen-bond acceptors (Lipinski definition) is 2. The number of para-hydroxylation sites is 1. The van der Waals surface area contributed by atoms with Crippen LogP contribution in [0.25, 0.3) is 0 Å². The van der Waals surface area contributed by atoms with E-state index in [4.69, 9.17) is 4.84 Å². The monoisotopic (exact) mass is 277 g/mol. The van der Waals surface area contributed by atoms with Gasteiger partial charge in [0, 0.05) is 5.92 Å². The number of rotatable bonds is 9. The number of nitrogens with zero attached hydrogens (tertiary/aromatic N) is 1. The molecule has 1 atom stereocenters. The molecule has 0 fully saturated rings. The zero-order chi connectivity index (χ0) is 14.8. The molecule has 0 spiro atoms. The molecule has 0 saturated heterocycles. The van der Waals surface area contributed by atoms with Crippen molar-refractivity contribution in [3.05, 3.63) is 30.3 Å². The number of hydroxylamine groups is 1. The number of carbonyl (C=O) groups excluding carboxylic acids is 1. The second-order valence-corrected chi connectivity index (χ2v) is 5.20. The molecule has 1 rings (SSSR count). The van der Waals surface area contributed by atoms with Gasteiger partial charge in [-0.25, -0.2) is 0 Å². The Bertz CT molecular complexity index is 378. The number of amides is 1. The normalized spacial score (nSPS) is 12.2. The molecule has 1 aromatic rings. The maximum atomic E-state index is 12.5. The fourth-order valence-electron chi connectivity index (χ4n) is 1.96. The van der Waals surface area contributed by atoms with Crippen molar-refractivity contribution in [2.45, 2.75) is 52.9 Å². The van der Waals surface area contributed by atoms with E-state index >= 15 is 0 Å². The fourth-order valence-corrected chi connectivity index (χ4v) is 1.96. The highest BCUT2D eigenvalue weighted by Crippen LogP contribution is 2.19. The van der Waals surface area contributed by atoms with E-state index in [1.165, 1.54) is 5.06 Å². The van der Waals surface area contributed by atoms with Gasteiger partial charge in [-0.15, -0.1) is 0 Å². The quantitative estimate of drug-likeness (QED) is 0.488. The lowest BCUT2D eigenvalue weighted by atomic mass is 10.0. The molecule has 0 radical (unpaired) electrons. The van der Waals surface area contributed by atoms with E-state index < -0.39 is 0 Å². The summed E-state index contributed by atoms with van der Waals surface area (Å²) in [5, 5.41) is 1.48. The fraction of sp³-hybridized carbons (Fsp3) is 0.588. The minimum atomic E-state index is -0.00298. The number of anilines is 1. The molecule has 0 aliphatic heterocycles. The molecule has 0 aliphatic carbocycles. The second kappa shape index (κ2) is 9.54. The first-order chi connectivity index (χ1) is 9.70. The van der Waals surface area contributed by atoms with Gasteiger partial charge >= 0.3 is 0 Å². The Morgan fingerprint density at radius 3 is 2.40 bits per heavy atom. The largest absolute Gasteiger partial charge is 0.272 e. The van der Waals surface area contributed by atoms with Crippen LogP contribution in [0.4, 0.5) is 5.69 Å². The molecular formula is C17H27NO2. The lowest BCUT2D eigenvalue weighted by Crippen LogP contribution is -2.35. The molecule has 0 heterocycles. The number of unbranched alkanes of at least 4 members (excludes halogenated alkanes) is 2. The predicted octanol–water partition coefficient (Wildman–Crippen LogP) is 4.58. The van der Waals surface area contributed by atoms with Crippen LogP contribution in [0.5, 0.6) is 0 Å². The molecule has 20 heavy (non-hydrogen) atoms. The average molecular weight is 277 g/mol. The Kier molecular flexibility index (Phi) is 7.97. The van der Waals surface area contributed by atoms with Gasteiger partial charge < -0.3 is 0 Å². The van der Waals surface area contributed by atoms with E-state index in [0.29, 0.717) is 6.61 Å². The van der Waals surface area contributed by atoms with Gasteiger partial charge in [0.05, 0.1) is 12.3 Å². The van der Waals surface area contributed by atoms with Crippen molar-refractivity contribution in [2.24, 2.45) is 5.92 Å². The van der Waals surface area contributed by atoms with Crippen molar-refractivity contribution in [3.8, 4) is 0 Å². The Hall–Kier alpha value is -1.35. The van der Waals surface area contributed by atoms with Crippen LogP contribution < -0.4 is 5.06 Å². The molecule has 0 aliphatic rings. The Morgan fingerprint density at radius 1 is 1.15 bits per heavy atom. The van der Waals surface area contributed by atoms with Crippen molar-refractivity contribution < 1.29 is 9.63 Å². The van der Waals surface area contributed by atoms with Crippen LogP contribution in [-0.2, 0) is 9.63 Å². The molecule has 3 heteroatoms. The zero-order valence-corrected chi connectivity index (χ0v) is 13.0. The Morgan fingerprint density at radius 2 is 1.80 bits per heavy atom. The van der Waals surface area contributed by atoms with Crippen molar-refractivity contribution in [3.63, 3.8) is 0 Å². The summed E-state index contributed by atoms with van der Waals surface area (Å²) in [5.41, 5.74) is 0.817. The van der Waals surface area contributed by atoms with Crippen molar-refractivity contribution in [1.29, 1.82) is 0 Å². The van der Waals surface area contributed by atoms with Gasteiger partial charge in [-0.2, -0.15) is 5.06 Å². The molecule has 0 N–H and O–H groups in total. The predicted molar refractivity (Wildman–Crippen MR) is 83.5 cm³/mol. The summed E-state index contributed by atoms with van der Waals surface area (Å²) >= 11 is 0. The van der Waals surface area contributed by atoms with Crippen LogP contribution in [0.2, 0.25) is 0 Å². The molecule has 3 nitrogen and oxygen atoms in total.